The molecule has 106 valence electrons. The average molecular weight is 284 g/mol. The topological polar surface area (TPSA) is 71.4 Å². The summed E-state index contributed by atoms with van der Waals surface area (Å²) in [6.45, 7) is 3.00. The Balaban J connectivity index is 2.79. The molecule has 0 aliphatic heterocycles. The zero-order chi connectivity index (χ0) is 14.1. The van der Waals surface area contributed by atoms with Crippen molar-refractivity contribution in [1.29, 1.82) is 0 Å². The van der Waals surface area contributed by atoms with Crippen molar-refractivity contribution >= 4 is 15.8 Å². The van der Waals surface area contributed by atoms with Gasteiger partial charge in [-0.25, -0.2) is 17.2 Å². The molecular formula is C11H18F2O4S. The Morgan fingerprint density at radius 2 is 2.00 bits per heavy atom. The summed E-state index contributed by atoms with van der Waals surface area (Å²) in [6, 6.07) is 0. The third-order valence-corrected chi connectivity index (χ3v) is 5.67. The van der Waals surface area contributed by atoms with E-state index in [2.05, 4.69) is 0 Å². The number of hydrogen-bond acceptors (Lipinski definition) is 3. The van der Waals surface area contributed by atoms with Crippen molar-refractivity contribution in [1.82, 2.24) is 0 Å². The van der Waals surface area contributed by atoms with E-state index in [1.807, 2.05) is 0 Å². The summed E-state index contributed by atoms with van der Waals surface area (Å²) in [7, 11) is -3.89. The zero-order valence-electron chi connectivity index (χ0n) is 10.4. The average Bonchev–Trinajstić information content (AvgIpc) is 2.41. The Morgan fingerprint density at radius 3 is 2.33 bits per heavy atom. The third-order valence-electron chi connectivity index (χ3n) is 3.21. The molecule has 7 heteroatoms. The molecule has 18 heavy (non-hydrogen) atoms. The minimum absolute atomic E-state index is 0.136. The molecule has 1 saturated carbocycles. The molecule has 0 aromatic rings. The van der Waals surface area contributed by atoms with E-state index in [0.717, 1.165) is 0 Å². The number of hydrogen-bond donors (Lipinski definition) is 1. The maximum absolute atomic E-state index is 13.0. The quantitative estimate of drug-likeness (QED) is 0.837. The van der Waals surface area contributed by atoms with E-state index in [-0.39, 0.29) is 12.8 Å². The second-order valence-corrected chi connectivity index (χ2v) is 7.46. The van der Waals surface area contributed by atoms with Crippen molar-refractivity contribution < 1.29 is 27.1 Å². The number of alkyl halides is 2. The highest BCUT2D eigenvalue weighted by atomic mass is 32.2. The van der Waals surface area contributed by atoms with Crippen LogP contribution < -0.4 is 0 Å². The number of aliphatic carboxylic acids is 1. The van der Waals surface area contributed by atoms with Crippen molar-refractivity contribution in [3.63, 3.8) is 0 Å². The lowest BCUT2D eigenvalue weighted by atomic mass is 10.1. The van der Waals surface area contributed by atoms with Crippen LogP contribution in [0.15, 0.2) is 0 Å². The molecule has 0 saturated heterocycles. The molecule has 2 unspecified atom stereocenters. The van der Waals surface area contributed by atoms with Crippen LogP contribution in [0, 0.1) is 11.8 Å². The Kier molecular flexibility index (Phi) is 4.35. The highest BCUT2D eigenvalue weighted by Gasteiger charge is 2.44. The summed E-state index contributed by atoms with van der Waals surface area (Å²) < 4.78 is 49.9. The van der Waals surface area contributed by atoms with Crippen LogP contribution in [0.5, 0.6) is 0 Å². The van der Waals surface area contributed by atoms with Gasteiger partial charge in [-0.1, -0.05) is 13.8 Å². The van der Waals surface area contributed by atoms with E-state index >= 15 is 0 Å². The highest BCUT2D eigenvalue weighted by Crippen LogP contribution is 2.39. The lowest BCUT2D eigenvalue weighted by Gasteiger charge is -2.19. The number of halogens is 2. The summed E-state index contributed by atoms with van der Waals surface area (Å²) in [5, 5.41) is 7.42. The SMILES string of the molecule is CC(C)C(C(=O)O)S(=O)(=O)CC1CCC(F)(F)C1. The minimum Gasteiger partial charge on any atom is -0.480 e. The second kappa shape index (κ2) is 5.11. The summed E-state index contributed by atoms with van der Waals surface area (Å²) >= 11 is 0. The van der Waals surface area contributed by atoms with Crippen LogP contribution in [0.1, 0.15) is 33.1 Å². The highest BCUT2D eigenvalue weighted by molar-refractivity contribution is 7.92. The van der Waals surface area contributed by atoms with Gasteiger partial charge in [0.25, 0.3) is 0 Å². The van der Waals surface area contributed by atoms with Gasteiger partial charge in [0, 0.05) is 12.8 Å². The Morgan fingerprint density at radius 1 is 1.44 bits per heavy atom. The van der Waals surface area contributed by atoms with E-state index in [1.54, 1.807) is 0 Å². The van der Waals surface area contributed by atoms with Gasteiger partial charge < -0.3 is 5.11 Å². The molecule has 1 N–H and O–H groups in total. The number of carboxylic acids is 1. The first kappa shape index (κ1) is 15.3. The predicted molar refractivity (Wildman–Crippen MR) is 62.3 cm³/mol. The summed E-state index contributed by atoms with van der Waals surface area (Å²) in [6.07, 6.45) is -0.639. The van der Waals surface area contributed by atoms with Gasteiger partial charge >= 0.3 is 5.97 Å². The summed E-state index contributed by atoms with van der Waals surface area (Å²) in [4.78, 5) is 11.0. The molecule has 1 fully saturated rings. The van der Waals surface area contributed by atoms with E-state index in [0.29, 0.717) is 0 Å². The lowest BCUT2D eigenvalue weighted by Crippen LogP contribution is -2.38. The fourth-order valence-electron chi connectivity index (χ4n) is 2.47. The largest absolute Gasteiger partial charge is 0.480 e. The van der Waals surface area contributed by atoms with Crippen LogP contribution in [0.3, 0.4) is 0 Å². The van der Waals surface area contributed by atoms with E-state index in [4.69, 9.17) is 5.11 Å². The van der Waals surface area contributed by atoms with Gasteiger partial charge in [0.1, 0.15) is 0 Å². The van der Waals surface area contributed by atoms with Gasteiger partial charge in [-0.15, -0.1) is 0 Å². The lowest BCUT2D eigenvalue weighted by molar-refractivity contribution is -0.137. The molecule has 1 rings (SSSR count). The first-order valence-corrected chi connectivity index (χ1v) is 7.59. The zero-order valence-corrected chi connectivity index (χ0v) is 11.2. The number of sulfone groups is 1. The van der Waals surface area contributed by atoms with Crippen molar-refractivity contribution in [2.45, 2.75) is 44.3 Å². The van der Waals surface area contributed by atoms with Crippen molar-refractivity contribution in [2.75, 3.05) is 5.75 Å². The minimum atomic E-state index is -3.89. The summed E-state index contributed by atoms with van der Waals surface area (Å²) in [5.41, 5.74) is 0. The van der Waals surface area contributed by atoms with Crippen LogP contribution in [0.25, 0.3) is 0 Å². The molecule has 0 bridgehead atoms. The number of carbonyl (C=O) groups is 1. The molecule has 1 aliphatic carbocycles. The number of rotatable bonds is 5. The molecule has 0 heterocycles. The maximum Gasteiger partial charge on any atom is 0.322 e. The Bertz CT molecular complexity index is 417. The fraction of sp³-hybridized carbons (Fsp3) is 0.909. The fourth-order valence-corrected chi connectivity index (χ4v) is 4.76. The van der Waals surface area contributed by atoms with Gasteiger partial charge in [-0.2, -0.15) is 0 Å². The van der Waals surface area contributed by atoms with Gasteiger partial charge in [0.15, 0.2) is 15.1 Å². The molecular weight excluding hydrogens is 266 g/mol. The monoisotopic (exact) mass is 284 g/mol. The molecule has 1 aliphatic rings. The maximum atomic E-state index is 13.0. The van der Waals surface area contributed by atoms with Crippen molar-refractivity contribution in [3.05, 3.63) is 0 Å². The van der Waals surface area contributed by atoms with Crippen molar-refractivity contribution in [3.8, 4) is 0 Å². The first-order chi connectivity index (χ1) is 8.05. The predicted octanol–water partition coefficient (Wildman–Crippen LogP) is 1.95. The van der Waals surface area contributed by atoms with Crippen LogP contribution >= 0.6 is 0 Å². The molecule has 0 aromatic heterocycles. The molecule has 0 spiro atoms. The Labute approximate surface area is 105 Å². The van der Waals surface area contributed by atoms with Gasteiger partial charge in [0.2, 0.25) is 5.92 Å². The smallest absolute Gasteiger partial charge is 0.322 e. The van der Waals surface area contributed by atoms with Crippen LogP contribution in [-0.2, 0) is 14.6 Å². The molecule has 0 amide bonds. The van der Waals surface area contributed by atoms with Gasteiger partial charge in [0.05, 0.1) is 5.75 Å². The number of carboxylic acid groups (broad SMARTS) is 1. The van der Waals surface area contributed by atoms with Crippen LogP contribution in [-0.4, -0.2) is 36.4 Å². The standard InChI is InChI=1S/C11H18F2O4S/c1-7(2)9(10(14)15)18(16,17)6-8-3-4-11(12,13)5-8/h7-9H,3-6H2,1-2H3,(H,14,15). The van der Waals surface area contributed by atoms with Gasteiger partial charge in [-0.3, -0.25) is 4.79 Å². The van der Waals surface area contributed by atoms with E-state index in [1.165, 1.54) is 13.8 Å². The molecule has 0 radical (unpaired) electrons. The van der Waals surface area contributed by atoms with Gasteiger partial charge in [-0.05, 0) is 18.3 Å². The van der Waals surface area contributed by atoms with E-state index in [9.17, 15) is 22.0 Å². The van der Waals surface area contributed by atoms with E-state index < -0.39 is 51.0 Å². The molecule has 2 atom stereocenters. The normalized spacial score (nSPS) is 25.3. The Hall–Kier alpha value is -0.720. The van der Waals surface area contributed by atoms with Crippen LogP contribution in [0.4, 0.5) is 8.78 Å². The molecule has 4 nitrogen and oxygen atoms in total. The summed E-state index contributed by atoms with van der Waals surface area (Å²) in [5.74, 6) is -5.89. The second-order valence-electron chi connectivity index (χ2n) is 5.30. The van der Waals surface area contributed by atoms with Crippen LogP contribution in [0.2, 0.25) is 0 Å². The third kappa shape index (κ3) is 3.63. The first-order valence-electron chi connectivity index (χ1n) is 5.87. The molecule has 0 aromatic carbocycles. The van der Waals surface area contributed by atoms with Crippen molar-refractivity contribution in [2.24, 2.45) is 11.8 Å².